The van der Waals surface area contributed by atoms with Crippen LogP contribution in [-0.4, -0.2) is 22.5 Å². The number of hydrogen-bond donors (Lipinski definition) is 2. The van der Waals surface area contributed by atoms with Gasteiger partial charge in [0.15, 0.2) is 0 Å². The number of carbonyl (C=O) groups excluding carboxylic acids is 1. The lowest BCUT2D eigenvalue weighted by Gasteiger charge is -1.98. The zero-order valence-electron chi connectivity index (χ0n) is 8.33. The molecule has 2 N–H and O–H groups in total. The second-order valence-corrected chi connectivity index (χ2v) is 3.86. The van der Waals surface area contributed by atoms with Crippen molar-refractivity contribution >= 4 is 27.5 Å². The van der Waals surface area contributed by atoms with E-state index >= 15 is 0 Å². The highest BCUT2D eigenvalue weighted by Gasteiger charge is 2.16. The Bertz CT molecular complexity index is 651. The second kappa shape index (κ2) is 3.93. The molecule has 2 heterocycles. The Balaban J connectivity index is 2.70. The molecule has 84 valence electrons. The molecule has 2 rings (SSSR count). The minimum absolute atomic E-state index is 0.169. The number of aromatic amines is 2. The highest BCUT2D eigenvalue weighted by Crippen LogP contribution is 2.20. The van der Waals surface area contributed by atoms with Crippen LogP contribution < -0.4 is 11.2 Å². The Labute approximate surface area is 92.9 Å². The standard InChI is InChI=1S/C9H8N2O4S/c1-2-15-8(13)4-3-16-7-5(4)6(12)10-9(14)11-7/h3H,2H2,1H3,(H2,10,11,12,14). The Kier molecular flexibility index (Phi) is 2.61. The normalized spacial score (nSPS) is 10.6. The second-order valence-electron chi connectivity index (χ2n) is 2.98. The van der Waals surface area contributed by atoms with Gasteiger partial charge in [-0.05, 0) is 6.92 Å². The quantitative estimate of drug-likeness (QED) is 0.746. The molecule has 16 heavy (non-hydrogen) atoms. The van der Waals surface area contributed by atoms with Gasteiger partial charge in [-0.1, -0.05) is 0 Å². The van der Waals surface area contributed by atoms with E-state index in [4.69, 9.17) is 4.74 Å². The van der Waals surface area contributed by atoms with E-state index in [9.17, 15) is 14.4 Å². The van der Waals surface area contributed by atoms with Crippen molar-refractivity contribution in [3.63, 3.8) is 0 Å². The third-order valence-electron chi connectivity index (χ3n) is 1.97. The van der Waals surface area contributed by atoms with Gasteiger partial charge in [-0.15, -0.1) is 11.3 Å². The van der Waals surface area contributed by atoms with Gasteiger partial charge in [0.05, 0.1) is 17.6 Å². The van der Waals surface area contributed by atoms with Crippen LogP contribution in [0.4, 0.5) is 0 Å². The number of carbonyl (C=O) groups is 1. The lowest BCUT2D eigenvalue weighted by Crippen LogP contribution is -2.22. The number of rotatable bonds is 2. The average molecular weight is 240 g/mol. The van der Waals surface area contributed by atoms with Crippen molar-refractivity contribution in [2.24, 2.45) is 0 Å². The van der Waals surface area contributed by atoms with Gasteiger partial charge in [-0.3, -0.25) is 14.8 Å². The first-order valence-corrected chi connectivity index (χ1v) is 5.42. The van der Waals surface area contributed by atoms with Gasteiger partial charge in [0.1, 0.15) is 4.83 Å². The molecule has 0 unspecified atom stereocenters. The number of ether oxygens (including phenoxy) is 1. The van der Waals surface area contributed by atoms with Gasteiger partial charge >= 0.3 is 11.7 Å². The number of fused-ring (bicyclic) bond motifs is 1. The van der Waals surface area contributed by atoms with Gasteiger partial charge in [0, 0.05) is 5.38 Å². The minimum Gasteiger partial charge on any atom is -0.462 e. The summed E-state index contributed by atoms with van der Waals surface area (Å²) in [6.45, 7) is 1.91. The highest BCUT2D eigenvalue weighted by molar-refractivity contribution is 7.17. The van der Waals surface area contributed by atoms with Crippen LogP contribution in [0.25, 0.3) is 10.2 Å². The fourth-order valence-electron chi connectivity index (χ4n) is 1.33. The Hall–Kier alpha value is -1.89. The zero-order chi connectivity index (χ0) is 11.7. The molecule has 0 bridgehead atoms. The van der Waals surface area contributed by atoms with E-state index in [1.165, 1.54) is 5.38 Å². The number of esters is 1. The molecule has 0 aliphatic heterocycles. The van der Waals surface area contributed by atoms with Crippen molar-refractivity contribution < 1.29 is 9.53 Å². The third-order valence-corrected chi connectivity index (χ3v) is 2.86. The van der Waals surface area contributed by atoms with E-state index in [0.29, 0.717) is 4.83 Å². The molecule has 0 radical (unpaired) electrons. The van der Waals surface area contributed by atoms with Crippen molar-refractivity contribution in [1.82, 2.24) is 9.97 Å². The molecule has 0 saturated carbocycles. The molecule has 7 heteroatoms. The average Bonchev–Trinajstić information content (AvgIpc) is 2.61. The topological polar surface area (TPSA) is 92.0 Å². The van der Waals surface area contributed by atoms with Crippen LogP contribution in [0.15, 0.2) is 15.0 Å². The molecule has 0 aliphatic carbocycles. The summed E-state index contributed by atoms with van der Waals surface area (Å²) in [5.41, 5.74) is -0.989. The summed E-state index contributed by atoms with van der Waals surface area (Å²) in [6.07, 6.45) is 0. The van der Waals surface area contributed by atoms with Gasteiger partial charge in [0.25, 0.3) is 5.56 Å². The first kappa shape index (κ1) is 10.6. The maximum absolute atomic E-state index is 11.5. The van der Waals surface area contributed by atoms with Gasteiger partial charge in [-0.2, -0.15) is 0 Å². The molecular formula is C9H8N2O4S. The number of aromatic nitrogens is 2. The molecule has 2 aromatic rings. The summed E-state index contributed by atoms with van der Waals surface area (Å²) in [6, 6.07) is 0. The van der Waals surface area contributed by atoms with E-state index in [2.05, 4.69) is 9.97 Å². The lowest BCUT2D eigenvalue weighted by atomic mass is 10.2. The summed E-state index contributed by atoms with van der Waals surface area (Å²) >= 11 is 1.12. The Morgan fingerprint density at radius 2 is 2.19 bits per heavy atom. The molecule has 2 aromatic heterocycles. The van der Waals surface area contributed by atoms with Crippen LogP contribution in [0.2, 0.25) is 0 Å². The predicted octanol–water partition coefficient (Wildman–Crippen LogP) is 0.455. The number of H-pyrrole nitrogens is 2. The van der Waals surface area contributed by atoms with Crippen LogP contribution in [0, 0.1) is 0 Å². The summed E-state index contributed by atoms with van der Waals surface area (Å²) in [7, 11) is 0. The summed E-state index contributed by atoms with van der Waals surface area (Å²) in [5.74, 6) is -0.564. The molecule has 0 spiro atoms. The predicted molar refractivity (Wildman–Crippen MR) is 59.0 cm³/mol. The van der Waals surface area contributed by atoms with E-state index in [1.54, 1.807) is 6.92 Å². The van der Waals surface area contributed by atoms with Crippen LogP contribution in [-0.2, 0) is 4.74 Å². The summed E-state index contributed by atoms with van der Waals surface area (Å²) in [5, 5.41) is 1.66. The van der Waals surface area contributed by atoms with Crippen molar-refractivity contribution in [2.45, 2.75) is 6.92 Å². The van der Waals surface area contributed by atoms with Crippen molar-refractivity contribution in [2.75, 3.05) is 6.61 Å². The highest BCUT2D eigenvalue weighted by atomic mass is 32.1. The largest absolute Gasteiger partial charge is 0.462 e. The van der Waals surface area contributed by atoms with Gasteiger partial charge in [0.2, 0.25) is 0 Å². The number of hydrogen-bond acceptors (Lipinski definition) is 5. The van der Waals surface area contributed by atoms with Crippen LogP contribution >= 0.6 is 11.3 Å². The van der Waals surface area contributed by atoms with Crippen molar-refractivity contribution in [3.05, 3.63) is 31.8 Å². The maximum atomic E-state index is 11.5. The monoisotopic (exact) mass is 240 g/mol. The molecule has 0 atom stereocenters. The van der Waals surface area contributed by atoms with E-state index in [0.717, 1.165) is 11.3 Å². The molecule has 0 aliphatic rings. The van der Waals surface area contributed by atoms with Crippen molar-refractivity contribution in [3.8, 4) is 0 Å². The van der Waals surface area contributed by atoms with Crippen LogP contribution in [0.3, 0.4) is 0 Å². The fourth-order valence-corrected chi connectivity index (χ4v) is 2.26. The molecule has 0 amide bonds. The van der Waals surface area contributed by atoms with Gasteiger partial charge in [-0.25, -0.2) is 9.59 Å². The summed E-state index contributed by atoms with van der Waals surface area (Å²) < 4.78 is 4.80. The first-order valence-electron chi connectivity index (χ1n) is 4.54. The maximum Gasteiger partial charge on any atom is 0.339 e. The molecule has 6 nitrogen and oxygen atoms in total. The lowest BCUT2D eigenvalue weighted by molar-refractivity contribution is 0.0529. The Morgan fingerprint density at radius 1 is 1.44 bits per heavy atom. The van der Waals surface area contributed by atoms with Gasteiger partial charge < -0.3 is 4.74 Å². The molecule has 0 fully saturated rings. The number of thiophene rings is 1. The van der Waals surface area contributed by atoms with E-state index in [-0.39, 0.29) is 17.6 Å². The summed E-state index contributed by atoms with van der Waals surface area (Å²) in [4.78, 5) is 38.9. The number of nitrogens with one attached hydrogen (secondary N) is 2. The van der Waals surface area contributed by atoms with E-state index < -0.39 is 17.2 Å². The molecule has 0 saturated heterocycles. The third kappa shape index (κ3) is 1.65. The molecule has 0 aromatic carbocycles. The molecular weight excluding hydrogens is 232 g/mol. The zero-order valence-corrected chi connectivity index (χ0v) is 9.14. The smallest absolute Gasteiger partial charge is 0.339 e. The van der Waals surface area contributed by atoms with Crippen LogP contribution in [0.1, 0.15) is 17.3 Å². The van der Waals surface area contributed by atoms with Crippen molar-refractivity contribution in [1.29, 1.82) is 0 Å². The first-order chi connectivity index (χ1) is 7.63. The fraction of sp³-hybridized carbons (Fsp3) is 0.222. The van der Waals surface area contributed by atoms with Crippen LogP contribution in [0.5, 0.6) is 0 Å². The van der Waals surface area contributed by atoms with E-state index in [1.807, 2.05) is 0 Å². The SMILES string of the molecule is CCOC(=O)c1csc2[nH]c(=O)[nH]c(=O)c12. The Morgan fingerprint density at radius 3 is 2.88 bits per heavy atom. The minimum atomic E-state index is -0.588.